The molecule has 0 fully saturated rings. The van der Waals surface area contributed by atoms with Gasteiger partial charge in [-0.05, 0) is 66.3 Å². The molecule has 0 atom stereocenters. The summed E-state index contributed by atoms with van der Waals surface area (Å²) in [7, 11) is 0. The summed E-state index contributed by atoms with van der Waals surface area (Å²) in [5.74, 6) is 0. The molecular formula is C19H28. The van der Waals surface area contributed by atoms with Crippen molar-refractivity contribution in [3.8, 4) is 0 Å². The van der Waals surface area contributed by atoms with Crippen LogP contribution in [0.2, 0.25) is 0 Å². The van der Waals surface area contributed by atoms with Crippen molar-refractivity contribution in [1.29, 1.82) is 0 Å². The van der Waals surface area contributed by atoms with Crippen molar-refractivity contribution in [3.05, 3.63) is 33.9 Å². The summed E-state index contributed by atoms with van der Waals surface area (Å²) >= 11 is 0. The fourth-order valence-corrected chi connectivity index (χ4v) is 3.75. The molecule has 0 saturated heterocycles. The second-order valence-electron chi connectivity index (χ2n) is 6.50. The Hall–Kier alpha value is -0.780. The van der Waals surface area contributed by atoms with Crippen LogP contribution in [0.25, 0.3) is 0 Å². The molecule has 1 aromatic rings. The quantitative estimate of drug-likeness (QED) is 0.562. The molecule has 0 radical (unpaired) electrons. The zero-order valence-electron chi connectivity index (χ0n) is 12.6. The van der Waals surface area contributed by atoms with Crippen LogP contribution < -0.4 is 0 Å². The molecular weight excluding hydrogens is 228 g/mol. The van der Waals surface area contributed by atoms with Gasteiger partial charge in [0.25, 0.3) is 0 Å². The van der Waals surface area contributed by atoms with Crippen molar-refractivity contribution in [2.24, 2.45) is 0 Å². The number of unbranched alkanes of at least 4 members (excludes halogenated alkanes) is 6. The summed E-state index contributed by atoms with van der Waals surface area (Å²) in [6.07, 6.45) is 16.8. The van der Waals surface area contributed by atoms with E-state index in [-0.39, 0.29) is 0 Å². The maximum Gasteiger partial charge on any atom is -0.0232 e. The third-order valence-corrected chi connectivity index (χ3v) is 5.17. The van der Waals surface area contributed by atoms with Gasteiger partial charge < -0.3 is 0 Å². The largest absolute Gasteiger partial charge is 0.0654 e. The number of benzene rings is 1. The van der Waals surface area contributed by atoms with Gasteiger partial charge in [0, 0.05) is 0 Å². The lowest BCUT2D eigenvalue weighted by molar-refractivity contribution is 0.586. The molecule has 104 valence electrons. The summed E-state index contributed by atoms with van der Waals surface area (Å²) in [6, 6.07) is 2.55. The zero-order valence-corrected chi connectivity index (χ0v) is 12.6. The average molecular weight is 256 g/mol. The predicted molar refractivity (Wildman–Crippen MR) is 83.0 cm³/mol. The first-order chi connectivity index (χ1) is 9.40. The molecule has 0 heterocycles. The Labute approximate surface area is 118 Å². The van der Waals surface area contributed by atoms with Crippen LogP contribution in [-0.4, -0.2) is 0 Å². The standard InChI is InChI=1S/C19H28/c1-2-3-4-5-6-7-8-9-15-14-16-10-11-17(16)19-13-12-18(15)19/h14H,2-13H2,1H3. The molecule has 0 aliphatic heterocycles. The molecule has 0 spiro atoms. The molecule has 0 unspecified atom stereocenters. The summed E-state index contributed by atoms with van der Waals surface area (Å²) in [4.78, 5) is 0. The van der Waals surface area contributed by atoms with Crippen LogP contribution in [0.3, 0.4) is 0 Å². The molecule has 0 aromatic heterocycles. The Bertz CT molecular complexity index is 442. The highest BCUT2D eigenvalue weighted by atomic mass is 14.3. The molecule has 19 heavy (non-hydrogen) atoms. The highest BCUT2D eigenvalue weighted by molar-refractivity contribution is 5.54. The number of aryl methyl sites for hydroxylation is 2. The van der Waals surface area contributed by atoms with Gasteiger partial charge in [-0.25, -0.2) is 0 Å². The topological polar surface area (TPSA) is 0 Å². The van der Waals surface area contributed by atoms with Crippen molar-refractivity contribution < 1.29 is 0 Å². The molecule has 2 aliphatic rings. The fourth-order valence-electron chi connectivity index (χ4n) is 3.75. The minimum absolute atomic E-state index is 1.35. The summed E-state index contributed by atoms with van der Waals surface area (Å²) < 4.78 is 0. The second kappa shape index (κ2) is 6.11. The second-order valence-corrected chi connectivity index (χ2v) is 6.50. The third-order valence-electron chi connectivity index (χ3n) is 5.17. The molecule has 0 amide bonds. The van der Waals surface area contributed by atoms with Crippen molar-refractivity contribution in [1.82, 2.24) is 0 Å². The number of hydrogen-bond donors (Lipinski definition) is 0. The zero-order chi connectivity index (χ0) is 13.1. The highest BCUT2D eigenvalue weighted by Crippen LogP contribution is 2.38. The van der Waals surface area contributed by atoms with E-state index in [4.69, 9.17) is 0 Å². The molecule has 0 heteroatoms. The van der Waals surface area contributed by atoms with E-state index in [2.05, 4.69) is 13.0 Å². The van der Waals surface area contributed by atoms with Gasteiger partial charge in [-0.2, -0.15) is 0 Å². The highest BCUT2D eigenvalue weighted by Gasteiger charge is 2.27. The first-order valence-electron chi connectivity index (χ1n) is 8.55. The molecule has 2 aliphatic carbocycles. The lowest BCUT2D eigenvalue weighted by Gasteiger charge is -2.33. The Morgan fingerprint density at radius 3 is 2.05 bits per heavy atom. The van der Waals surface area contributed by atoms with Crippen molar-refractivity contribution in [3.63, 3.8) is 0 Å². The van der Waals surface area contributed by atoms with E-state index < -0.39 is 0 Å². The fraction of sp³-hybridized carbons (Fsp3) is 0.684. The Balaban J connectivity index is 1.44. The van der Waals surface area contributed by atoms with Crippen molar-refractivity contribution in [2.45, 2.75) is 84.0 Å². The van der Waals surface area contributed by atoms with Crippen molar-refractivity contribution in [2.75, 3.05) is 0 Å². The van der Waals surface area contributed by atoms with Crippen molar-refractivity contribution >= 4 is 0 Å². The van der Waals surface area contributed by atoms with E-state index in [1.54, 1.807) is 27.8 Å². The minimum atomic E-state index is 1.35. The smallest absolute Gasteiger partial charge is 0.0232 e. The van der Waals surface area contributed by atoms with Gasteiger partial charge in [0.2, 0.25) is 0 Å². The molecule has 1 aromatic carbocycles. The Morgan fingerprint density at radius 1 is 0.737 bits per heavy atom. The summed E-state index contributed by atoms with van der Waals surface area (Å²) in [5, 5.41) is 0. The van der Waals surface area contributed by atoms with Crippen LogP contribution in [0.1, 0.15) is 79.7 Å². The normalized spacial score (nSPS) is 15.4. The van der Waals surface area contributed by atoms with E-state index >= 15 is 0 Å². The van der Waals surface area contributed by atoms with Crippen LogP contribution >= 0.6 is 0 Å². The van der Waals surface area contributed by atoms with Gasteiger partial charge in [0.05, 0.1) is 0 Å². The molecule has 0 saturated carbocycles. The number of fused-ring (bicyclic) bond motifs is 3. The lowest BCUT2D eigenvalue weighted by Crippen LogP contribution is -2.22. The Morgan fingerprint density at radius 2 is 1.42 bits per heavy atom. The van der Waals surface area contributed by atoms with Gasteiger partial charge in [0.1, 0.15) is 0 Å². The van der Waals surface area contributed by atoms with Crippen LogP contribution in [-0.2, 0) is 32.1 Å². The lowest BCUT2D eigenvalue weighted by atomic mass is 9.72. The van der Waals surface area contributed by atoms with E-state index in [1.165, 1.54) is 77.0 Å². The van der Waals surface area contributed by atoms with E-state index in [1.807, 2.05) is 0 Å². The van der Waals surface area contributed by atoms with E-state index in [0.29, 0.717) is 0 Å². The van der Waals surface area contributed by atoms with E-state index in [9.17, 15) is 0 Å². The van der Waals surface area contributed by atoms with Crippen LogP contribution in [0, 0.1) is 0 Å². The maximum absolute atomic E-state index is 2.55. The third kappa shape index (κ3) is 2.73. The molecule has 0 N–H and O–H groups in total. The van der Waals surface area contributed by atoms with Gasteiger partial charge in [0.15, 0.2) is 0 Å². The first-order valence-corrected chi connectivity index (χ1v) is 8.55. The van der Waals surface area contributed by atoms with E-state index in [0.717, 1.165) is 0 Å². The Kier molecular flexibility index (Phi) is 4.25. The SMILES string of the molecule is CCCCCCCCCc1cc2c(c3c1CC3)CC2. The van der Waals surface area contributed by atoms with Gasteiger partial charge in [-0.1, -0.05) is 51.5 Å². The monoisotopic (exact) mass is 256 g/mol. The average Bonchev–Trinajstić information content (AvgIpc) is 2.36. The number of rotatable bonds is 8. The predicted octanol–water partition coefficient (Wildman–Crippen LogP) is 5.18. The van der Waals surface area contributed by atoms with Crippen LogP contribution in [0.15, 0.2) is 6.07 Å². The van der Waals surface area contributed by atoms with Gasteiger partial charge in [-0.3, -0.25) is 0 Å². The number of hydrogen-bond acceptors (Lipinski definition) is 0. The van der Waals surface area contributed by atoms with Gasteiger partial charge >= 0.3 is 0 Å². The summed E-state index contributed by atoms with van der Waals surface area (Å²) in [5.41, 5.74) is 8.67. The van der Waals surface area contributed by atoms with Crippen LogP contribution in [0.5, 0.6) is 0 Å². The van der Waals surface area contributed by atoms with Gasteiger partial charge in [-0.15, -0.1) is 0 Å². The molecule has 3 rings (SSSR count). The molecule has 0 bridgehead atoms. The minimum Gasteiger partial charge on any atom is -0.0654 e. The summed E-state index contributed by atoms with van der Waals surface area (Å²) in [6.45, 7) is 2.29. The first kappa shape index (κ1) is 13.2. The molecule has 0 nitrogen and oxygen atoms in total. The maximum atomic E-state index is 2.55. The van der Waals surface area contributed by atoms with Crippen LogP contribution in [0.4, 0.5) is 0 Å².